The quantitative estimate of drug-likeness (QED) is 0.405. The Labute approximate surface area is 172 Å². The molecule has 0 spiro atoms. The van der Waals surface area contributed by atoms with E-state index >= 15 is 0 Å². The van der Waals surface area contributed by atoms with Gasteiger partial charge < -0.3 is 15.4 Å². The molecule has 3 rings (SSSR count). The van der Waals surface area contributed by atoms with Crippen molar-refractivity contribution in [2.24, 2.45) is 4.99 Å². The summed E-state index contributed by atoms with van der Waals surface area (Å²) in [6.45, 7) is 8.18. The summed E-state index contributed by atoms with van der Waals surface area (Å²) in [5.74, 6) is 1.72. The first-order chi connectivity index (χ1) is 13.8. The third-order valence-electron chi connectivity index (χ3n) is 4.91. The first-order valence-corrected chi connectivity index (χ1v) is 10.7. The minimum atomic E-state index is 0.456. The molecule has 0 radical (unpaired) electrons. The Morgan fingerprint density at radius 1 is 1.32 bits per heavy atom. The number of nitrogens with one attached hydrogen (secondary N) is 2. The highest BCUT2D eigenvalue weighted by atomic mass is 32.1. The van der Waals surface area contributed by atoms with E-state index in [-0.39, 0.29) is 0 Å². The van der Waals surface area contributed by atoms with Crippen LogP contribution >= 0.6 is 11.3 Å². The van der Waals surface area contributed by atoms with Crippen molar-refractivity contribution < 1.29 is 4.74 Å². The molecule has 150 valence electrons. The van der Waals surface area contributed by atoms with Gasteiger partial charge in [0.1, 0.15) is 12.4 Å². The molecule has 1 fully saturated rings. The summed E-state index contributed by atoms with van der Waals surface area (Å²) in [6.07, 6.45) is 4.02. The van der Waals surface area contributed by atoms with Gasteiger partial charge in [-0.3, -0.25) is 9.89 Å². The Balaban J connectivity index is 1.45. The highest BCUT2D eigenvalue weighted by molar-refractivity contribution is 7.07. The maximum absolute atomic E-state index is 5.73. The first kappa shape index (κ1) is 20.4. The third-order valence-corrected chi connectivity index (χ3v) is 5.65. The van der Waals surface area contributed by atoms with Crippen molar-refractivity contribution in [1.29, 1.82) is 0 Å². The number of piperidine rings is 1. The van der Waals surface area contributed by atoms with Crippen molar-refractivity contribution in [3.8, 4) is 5.75 Å². The number of hydrogen-bond acceptors (Lipinski definition) is 4. The Hall–Kier alpha value is -2.31. The molecular formula is C22H30N4OS. The summed E-state index contributed by atoms with van der Waals surface area (Å²) in [7, 11) is 1.82. The second-order valence-electron chi connectivity index (χ2n) is 6.96. The van der Waals surface area contributed by atoms with Crippen molar-refractivity contribution in [2.75, 3.05) is 26.7 Å². The number of para-hydroxylation sites is 1. The van der Waals surface area contributed by atoms with Gasteiger partial charge in [-0.2, -0.15) is 11.3 Å². The molecule has 0 saturated carbocycles. The molecule has 1 aliphatic rings. The molecule has 0 amide bonds. The zero-order chi connectivity index (χ0) is 19.6. The maximum atomic E-state index is 5.73. The molecule has 1 aromatic carbocycles. The normalized spacial score (nSPS) is 16.0. The van der Waals surface area contributed by atoms with Crippen LogP contribution < -0.4 is 15.4 Å². The highest BCUT2D eigenvalue weighted by Gasteiger charge is 2.20. The molecule has 1 aliphatic heterocycles. The predicted molar refractivity (Wildman–Crippen MR) is 118 cm³/mol. The molecule has 28 heavy (non-hydrogen) atoms. The SMILES string of the molecule is C=CCOc1ccccc1CNC(=NC)NC1CCN(Cc2ccsc2)CC1. The standard InChI is InChI=1S/C22H30N4OS/c1-3-13-27-21-7-5-4-6-19(21)15-24-22(23-2)25-20-8-11-26(12-9-20)16-18-10-14-28-17-18/h3-7,10,14,17,20H,1,8-9,11-13,15-16H2,2H3,(H2,23,24,25). The smallest absolute Gasteiger partial charge is 0.191 e. The molecule has 5 nitrogen and oxygen atoms in total. The number of thiophene rings is 1. The van der Waals surface area contributed by atoms with E-state index in [0.29, 0.717) is 19.2 Å². The molecular weight excluding hydrogens is 368 g/mol. The van der Waals surface area contributed by atoms with Gasteiger partial charge >= 0.3 is 0 Å². The molecule has 6 heteroatoms. The van der Waals surface area contributed by atoms with Gasteiger partial charge in [-0.25, -0.2) is 0 Å². The summed E-state index contributed by atoms with van der Waals surface area (Å²) >= 11 is 1.77. The van der Waals surface area contributed by atoms with Crippen LogP contribution in [0.2, 0.25) is 0 Å². The van der Waals surface area contributed by atoms with E-state index in [9.17, 15) is 0 Å². The largest absolute Gasteiger partial charge is 0.489 e. The van der Waals surface area contributed by atoms with Gasteiger partial charge in [0.05, 0.1) is 0 Å². The Bertz CT molecular complexity index is 752. The van der Waals surface area contributed by atoms with E-state index in [2.05, 4.69) is 50.0 Å². The fraction of sp³-hybridized carbons (Fsp3) is 0.409. The van der Waals surface area contributed by atoms with E-state index in [0.717, 1.165) is 49.7 Å². The Kier molecular flexibility index (Phi) is 7.94. The van der Waals surface area contributed by atoms with E-state index in [1.165, 1.54) is 5.56 Å². The molecule has 0 bridgehead atoms. The summed E-state index contributed by atoms with van der Waals surface area (Å²) in [4.78, 5) is 6.93. The van der Waals surface area contributed by atoms with E-state index in [1.807, 2.05) is 25.2 Å². The predicted octanol–water partition coefficient (Wildman–Crippen LogP) is 3.64. The van der Waals surface area contributed by atoms with Crippen LogP contribution in [0.5, 0.6) is 5.75 Å². The number of hydrogen-bond donors (Lipinski definition) is 2. The minimum absolute atomic E-state index is 0.456. The first-order valence-electron chi connectivity index (χ1n) is 9.80. The molecule has 0 unspecified atom stereocenters. The van der Waals surface area contributed by atoms with E-state index in [1.54, 1.807) is 17.4 Å². The molecule has 2 N–H and O–H groups in total. The van der Waals surface area contributed by atoms with Crippen LogP contribution in [0.4, 0.5) is 0 Å². The van der Waals surface area contributed by atoms with Crippen LogP contribution in [-0.4, -0.2) is 43.6 Å². The number of nitrogens with zero attached hydrogens (tertiary/aromatic N) is 2. The maximum Gasteiger partial charge on any atom is 0.191 e. The van der Waals surface area contributed by atoms with Crippen molar-refractivity contribution in [3.05, 3.63) is 64.9 Å². The van der Waals surface area contributed by atoms with E-state index < -0.39 is 0 Å². The van der Waals surface area contributed by atoms with Gasteiger partial charge in [-0.1, -0.05) is 30.9 Å². The van der Waals surface area contributed by atoms with Crippen LogP contribution in [0.1, 0.15) is 24.0 Å². The Morgan fingerprint density at radius 3 is 2.86 bits per heavy atom. The highest BCUT2D eigenvalue weighted by Crippen LogP contribution is 2.18. The zero-order valence-corrected chi connectivity index (χ0v) is 17.4. The van der Waals surface area contributed by atoms with Gasteiger partial charge in [0, 0.05) is 44.8 Å². The zero-order valence-electron chi connectivity index (χ0n) is 16.6. The molecule has 0 atom stereocenters. The van der Waals surface area contributed by atoms with Gasteiger partial charge in [-0.05, 0) is 41.3 Å². The lowest BCUT2D eigenvalue weighted by Crippen LogP contribution is -2.48. The molecule has 1 saturated heterocycles. The van der Waals surface area contributed by atoms with Crippen molar-refractivity contribution in [3.63, 3.8) is 0 Å². The lowest BCUT2D eigenvalue weighted by molar-refractivity contribution is 0.198. The number of benzene rings is 1. The molecule has 1 aromatic heterocycles. The summed E-state index contributed by atoms with van der Waals surface area (Å²) in [6, 6.07) is 10.7. The summed E-state index contributed by atoms with van der Waals surface area (Å²) in [5.41, 5.74) is 2.53. The number of ether oxygens (including phenoxy) is 1. The molecule has 2 heterocycles. The minimum Gasteiger partial charge on any atom is -0.489 e. The van der Waals surface area contributed by atoms with Gasteiger partial charge in [0.15, 0.2) is 5.96 Å². The fourth-order valence-electron chi connectivity index (χ4n) is 3.38. The average molecular weight is 399 g/mol. The molecule has 2 aromatic rings. The lowest BCUT2D eigenvalue weighted by atomic mass is 10.0. The molecule has 0 aliphatic carbocycles. The van der Waals surface area contributed by atoms with Crippen LogP contribution in [-0.2, 0) is 13.1 Å². The summed E-state index contributed by atoms with van der Waals surface area (Å²) in [5, 5.41) is 11.4. The van der Waals surface area contributed by atoms with Crippen molar-refractivity contribution in [2.45, 2.75) is 32.0 Å². The second kappa shape index (κ2) is 10.9. The summed E-state index contributed by atoms with van der Waals surface area (Å²) < 4.78 is 5.73. The topological polar surface area (TPSA) is 48.9 Å². The second-order valence-corrected chi connectivity index (χ2v) is 7.74. The average Bonchev–Trinajstić information content (AvgIpc) is 3.24. The van der Waals surface area contributed by atoms with Crippen LogP contribution in [0.3, 0.4) is 0 Å². The number of aliphatic imine (C=N–C) groups is 1. The number of likely N-dealkylation sites (tertiary alicyclic amines) is 1. The lowest BCUT2D eigenvalue weighted by Gasteiger charge is -2.33. The fourth-order valence-corrected chi connectivity index (χ4v) is 4.04. The van der Waals surface area contributed by atoms with Crippen LogP contribution in [0, 0.1) is 0 Å². The van der Waals surface area contributed by atoms with E-state index in [4.69, 9.17) is 4.74 Å². The van der Waals surface area contributed by atoms with Gasteiger partial charge in [-0.15, -0.1) is 0 Å². The Morgan fingerprint density at radius 2 is 2.14 bits per heavy atom. The van der Waals surface area contributed by atoms with Gasteiger partial charge in [0.25, 0.3) is 0 Å². The third kappa shape index (κ3) is 6.11. The monoisotopic (exact) mass is 398 g/mol. The number of guanidine groups is 1. The van der Waals surface area contributed by atoms with Crippen LogP contribution in [0.25, 0.3) is 0 Å². The van der Waals surface area contributed by atoms with Crippen LogP contribution in [0.15, 0.2) is 58.7 Å². The van der Waals surface area contributed by atoms with Gasteiger partial charge in [0.2, 0.25) is 0 Å². The van der Waals surface area contributed by atoms with Crippen molar-refractivity contribution in [1.82, 2.24) is 15.5 Å². The van der Waals surface area contributed by atoms with Crippen molar-refractivity contribution >= 4 is 17.3 Å². The number of rotatable bonds is 8.